The van der Waals surface area contributed by atoms with Gasteiger partial charge in [-0.25, -0.2) is 0 Å². The molecule has 0 aromatic heterocycles. The first-order chi connectivity index (χ1) is 13.1. The van der Waals surface area contributed by atoms with E-state index in [9.17, 15) is 9.59 Å². The molecule has 0 saturated heterocycles. The summed E-state index contributed by atoms with van der Waals surface area (Å²) in [6.07, 6.45) is 0. The largest absolute Gasteiger partial charge is 0.468 e. The number of carbonyl (C=O) groups excluding carboxylic acids is 2. The van der Waals surface area contributed by atoms with Crippen LogP contribution < -0.4 is 16.0 Å². The third kappa shape index (κ3) is 7.67. The molecule has 0 atom stereocenters. The zero-order valence-electron chi connectivity index (χ0n) is 14.9. The Morgan fingerprint density at radius 3 is 2.41 bits per heavy atom. The molecule has 3 N–H and O–H groups in total. The van der Waals surface area contributed by atoms with Crippen molar-refractivity contribution < 1.29 is 14.3 Å². The Morgan fingerprint density at radius 2 is 1.74 bits per heavy atom. The van der Waals surface area contributed by atoms with E-state index in [0.717, 1.165) is 18.0 Å². The minimum Gasteiger partial charge on any atom is -0.468 e. The third-order valence-electron chi connectivity index (χ3n) is 3.43. The molecule has 142 valence electrons. The quantitative estimate of drug-likeness (QED) is 0.271. The average Bonchev–Trinajstić information content (AvgIpc) is 2.70. The lowest BCUT2D eigenvalue weighted by Crippen LogP contribution is -2.31. The molecule has 0 saturated carbocycles. The number of esters is 1. The van der Waals surface area contributed by atoms with E-state index in [0.29, 0.717) is 10.7 Å². The maximum atomic E-state index is 11.9. The number of ether oxygens (including phenoxy) is 1. The Labute approximate surface area is 168 Å². The lowest BCUT2D eigenvalue weighted by Gasteiger charge is -2.11. The van der Waals surface area contributed by atoms with E-state index in [1.807, 2.05) is 18.2 Å². The maximum absolute atomic E-state index is 11.9. The summed E-state index contributed by atoms with van der Waals surface area (Å²) in [5.41, 5.74) is 1.22. The van der Waals surface area contributed by atoms with Crippen LogP contribution in [0.1, 0.15) is 10.4 Å². The molecule has 0 bridgehead atoms. The first-order valence-electron chi connectivity index (χ1n) is 8.26. The van der Waals surface area contributed by atoms with Gasteiger partial charge in [-0.2, -0.15) is 0 Å². The van der Waals surface area contributed by atoms with Gasteiger partial charge < -0.3 is 20.7 Å². The van der Waals surface area contributed by atoms with E-state index in [1.54, 1.807) is 36.0 Å². The molecule has 2 aromatic rings. The van der Waals surface area contributed by atoms with Crippen molar-refractivity contribution in [2.24, 2.45) is 0 Å². The van der Waals surface area contributed by atoms with E-state index in [4.69, 9.17) is 12.2 Å². The second kappa shape index (κ2) is 11.2. The van der Waals surface area contributed by atoms with Crippen LogP contribution in [-0.4, -0.2) is 42.9 Å². The molecular weight excluding hydrogens is 382 g/mol. The van der Waals surface area contributed by atoms with Gasteiger partial charge in [0, 0.05) is 28.4 Å². The first kappa shape index (κ1) is 20.7. The van der Waals surface area contributed by atoms with E-state index in [1.165, 1.54) is 12.0 Å². The summed E-state index contributed by atoms with van der Waals surface area (Å²) >= 11 is 7.03. The van der Waals surface area contributed by atoms with E-state index >= 15 is 0 Å². The van der Waals surface area contributed by atoms with E-state index in [-0.39, 0.29) is 12.5 Å². The topological polar surface area (TPSA) is 79.5 Å². The van der Waals surface area contributed by atoms with Crippen molar-refractivity contribution in [2.75, 3.05) is 31.3 Å². The number of thioether (sulfide) groups is 1. The SMILES string of the molecule is COC(=O)CNC(=O)c1ccc(NC(=S)NCCSc2ccccc2)cc1. The summed E-state index contributed by atoms with van der Waals surface area (Å²) in [5, 5.41) is 9.22. The minimum atomic E-state index is -0.497. The maximum Gasteiger partial charge on any atom is 0.325 e. The number of methoxy groups -OCH3 is 1. The highest BCUT2D eigenvalue weighted by atomic mass is 32.2. The van der Waals surface area contributed by atoms with Gasteiger partial charge >= 0.3 is 5.97 Å². The van der Waals surface area contributed by atoms with Crippen LogP contribution in [0.5, 0.6) is 0 Å². The molecule has 0 heterocycles. The molecule has 0 spiro atoms. The third-order valence-corrected chi connectivity index (χ3v) is 4.69. The van der Waals surface area contributed by atoms with Crippen molar-refractivity contribution in [3.05, 3.63) is 60.2 Å². The van der Waals surface area contributed by atoms with Crippen molar-refractivity contribution in [3.63, 3.8) is 0 Å². The lowest BCUT2D eigenvalue weighted by atomic mass is 10.2. The Kier molecular flexibility index (Phi) is 8.60. The average molecular weight is 404 g/mol. The van der Waals surface area contributed by atoms with Crippen LogP contribution >= 0.6 is 24.0 Å². The van der Waals surface area contributed by atoms with Crippen molar-refractivity contribution in [3.8, 4) is 0 Å². The van der Waals surface area contributed by atoms with Crippen LogP contribution in [-0.2, 0) is 9.53 Å². The molecule has 1 amide bonds. The molecule has 0 radical (unpaired) electrons. The monoisotopic (exact) mass is 403 g/mol. The minimum absolute atomic E-state index is 0.162. The van der Waals surface area contributed by atoms with Crippen LogP contribution in [0.25, 0.3) is 0 Å². The molecule has 0 aliphatic carbocycles. The van der Waals surface area contributed by atoms with E-state index in [2.05, 4.69) is 32.8 Å². The lowest BCUT2D eigenvalue weighted by molar-refractivity contribution is -0.139. The van der Waals surface area contributed by atoms with Gasteiger partial charge in [0.1, 0.15) is 6.54 Å². The smallest absolute Gasteiger partial charge is 0.325 e. The van der Waals surface area contributed by atoms with Crippen LogP contribution in [0, 0.1) is 0 Å². The highest BCUT2D eigenvalue weighted by Crippen LogP contribution is 2.15. The second-order valence-corrected chi connectivity index (χ2v) is 6.96. The zero-order chi connectivity index (χ0) is 19.5. The Morgan fingerprint density at radius 1 is 1.04 bits per heavy atom. The van der Waals surface area contributed by atoms with E-state index < -0.39 is 5.97 Å². The fourth-order valence-electron chi connectivity index (χ4n) is 2.06. The zero-order valence-corrected chi connectivity index (χ0v) is 16.5. The van der Waals surface area contributed by atoms with Crippen molar-refractivity contribution in [1.29, 1.82) is 0 Å². The van der Waals surface area contributed by atoms with Gasteiger partial charge in [0.05, 0.1) is 7.11 Å². The first-order valence-corrected chi connectivity index (χ1v) is 9.65. The summed E-state index contributed by atoms with van der Waals surface area (Å²) < 4.78 is 4.48. The molecule has 2 rings (SSSR count). The number of hydrogen-bond acceptors (Lipinski definition) is 5. The Bertz CT molecular complexity index is 768. The Balaban J connectivity index is 1.71. The highest BCUT2D eigenvalue weighted by Gasteiger charge is 2.08. The predicted octanol–water partition coefficient (Wildman–Crippen LogP) is 2.67. The van der Waals surface area contributed by atoms with Crippen molar-refractivity contribution >= 4 is 46.7 Å². The molecule has 0 unspecified atom stereocenters. The fourth-order valence-corrected chi connectivity index (χ4v) is 3.07. The number of amides is 1. The molecule has 6 nitrogen and oxygen atoms in total. The summed E-state index contributed by atoms with van der Waals surface area (Å²) in [4.78, 5) is 24.2. The van der Waals surface area contributed by atoms with Crippen molar-refractivity contribution in [1.82, 2.24) is 10.6 Å². The van der Waals surface area contributed by atoms with Crippen LogP contribution in [0.2, 0.25) is 0 Å². The van der Waals surface area contributed by atoms with Gasteiger partial charge in [-0.15, -0.1) is 11.8 Å². The molecule has 2 aromatic carbocycles. The molecule has 0 aliphatic heterocycles. The highest BCUT2D eigenvalue weighted by molar-refractivity contribution is 7.99. The fraction of sp³-hybridized carbons (Fsp3) is 0.211. The number of nitrogens with one attached hydrogen (secondary N) is 3. The van der Waals surface area contributed by atoms with Gasteiger partial charge in [0.15, 0.2) is 5.11 Å². The molecular formula is C19H21N3O3S2. The van der Waals surface area contributed by atoms with Gasteiger partial charge in [-0.1, -0.05) is 18.2 Å². The number of rotatable bonds is 8. The van der Waals surface area contributed by atoms with Gasteiger partial charge in [0.25, 0.3) is 5.91 Å². The molecule has 8 heteroatoms. The summed E-state index contributed by atoms with van der Waals surface area (Å²) in [6, 6.07) is 17.0. The summed E-state index contributed by atoms with van der Waals surface area (Å²) in [6.45, 7) is 0.573. The van der Waals surface area contributed by atoms with Gasteiger partial charge in [-0.05, 0) is 48.6 Å². The number of benzene rings is 2. The predicted molar refractivity (Wildman–Crippen MR) is 112 cm³/mol. The number of thiocarbonyl (C=S) groups is 1. The van der Waals surface area contributed by atoms with Gasteiger partial charge in [0.2, 0.25) is 0 Å². The molecule has 0 fully saturated rings. The normalized spacial score (nSPS) is 9.96. The number of hydrogen-bond donors (Lipinski definition) is 3. The molecule has 0 aliphatic rings. The Hall–Kier alpha value is -2.58. The van der Waals surface area contributed by atoms with Gasteiger partial charge in [-0.3, -0.25) is 9.59 Å². The number of anilines is 1. The van der Waals surface area contributed by atoms with Crippen LogP contribution in [0.15, 0.2) is 59.5 Å². The summed E-state index contributed by atoms with van der Waals surface area (Å²) in [5.74, 6) is 0.0552. The standard InChI is InChI=1S/C19H21N3O3S2/c1-25-17(23)13-21-18(24)14-7-9-15(10-8-14)22-19(26)20-11-12-27-16-5-3-2-4-6-16/h2-10H,11-13H2,1H3,(H,21,24)(H2,20,22,26). The van der Waals surface area contributed by atoms with Crippen LogP contribution in [0.4, 0.5) is 5.69 Å². The summed E-state index contributed by atoms with van der Waals surface area (Å²) in [7, 11) is 1.27. The van der Waals surface area contributed by atoms with Crippen molar-refractivity contribution in [2.45, 2.75) is 4.90 Å². The van der Waals surface area contributed by atoms with Crippen LogP contribution in [0.3, 0.4) is 0 Å². The number of carbonyl (C=O) groups is 2. The molecule has 27 heavy (non-hydrogen) atoms. The second-order valence-electron chi connectivity index (χ2n) is 5.38.